The van der Waals surface area contributed by atoms with Crippen LogP contribution in [-0.2, 0) is 0 Å². The topological polar surface area (TPSA) is 3.24 Å². The van der Waals surface area contributed by atoms with Gasteiger partial charge in [-0.15, -0.1) is 0 Å². The van der Waals surface area contributed by atoms with Crippen LogP contribution in [0.5, 0.6) is 0 Å². The lowest BCUT2D eigenvalue weighted by Crippen LogP contribution is -2.60. The summed E-state index contributed by atoms with van der Waals surface area (Å²) in [6, 6.07) is 0. The Bertz CT molecular complexity index is 99.6. The third-order valence-electron chi connectivity index (χ3n) is 2.77. The molecule has 0 amide bonds. The molecular weight excluding hydrogens is 158 g/mol. The quantitative estimate of drug-likeness (QED) is 0.559. The molecule has 1 nitrogen and oxygen atoms in total. The lowest BCUT2D eigenvalue weighted by atomic mass is 9.58. The van der Waals surface area contributed by atoms with E-state index < -0.39 is 0 Å². The van der Waals surface area contributed by atoms with Gasteiger partial charge < -0.3 is 4.90 Å². The summed E-state index contributed by atoms with van der Waals surface area (Å²) in [6.45, 7) is 13.1. The van der Waals surface area contributed by atoms with Gasteiger partial charge in [0.2, 0.25) is 0 Å². The first-order chi connectivity index (χ1) is 6.20. The molecule has 2 fully saturated rings. The second-order valence-electron chi connectivity index (χ2n) is 4.19. The van der Waals surface area contributed by atoms with Crippen LogP contribution >= 0.6 is 0 Å². The predicted octanol–water partition coefficient (Wildman–Crippen LogP) is 3.40. The van der Waals surface area contributed by atoms with Crippen LogP contribution < -0.4 is 0 Å². The second-order valence-corrected chi connectivity index (χ2v) is 4.19. The van der Waals surface area contributed by atoms with E-state index in [1.54, 1.807) is 0 Å². The largest absolute Gasteiger partial charge is 0.305 e. The van der Waals surface area contributed by atoms with Crippen LogP contribution in [0.25, 0.3) is 0 Å². The Morgan fingerprint density at radius 2 is 1.38 bits per heavy atom. The lowest BCUT2D eigenvalue weighted by molar-refractivity contribution is -0.0758. The zero-order valence-corrected chi connectivity index (χ0v) is 10.4. The molecule has 1 heterocycles. The van der Waals surface area contributed by atoms with Crippen LogP contribution in [-0.4, -0.2) is 25.0 Å². The van der Waals surface area contributed by atoms with Gasteiger partial charge in [-0.05, 0) is 31.2 Å². The van der Waals surface area contributed by atoms with Crippen molar-refractivity contribution in [2.75, 3.05) is 20.1 Å². The Hall–Kier alpha value is -0.0400. The van der Waals surface area contributed by atoms with Crippen molar-refractivity contribution in [3.8, 4) is 0 Å². The first-order valence-electron chi connectivity index (χ1n) is 5.89. The van der Waals surface area contributed by atoms with Crippen molar-refractivity contribution in [1.29, 1.82) is 0 Å². The molecule has 0 radical (unpaired) electrons. The number of nitrogens with zero attached hydrogens (tertiary/aromatic N) is 1. The van der Waals surface area contributed by atoms with Gasteiger partial charge in [-0.1, -0.05) is 34.6 Å². The molecule has 80 valence electrons. The van der Waals surface area contributed by atoms with E-state index in [4.69, 9.17) is 0 Å². The Balaban J connectivity index is 0.000000322. The van der Waals surface area contributed by atoms with E-state index in [1.165, 1.54) is 25.9 Å². The highest BCUT2D eigenvalue weighted by molar-refractivity contribution is 5.01. The Labute approximate surface area is 84.5 Å². The van der Waals surface area contributed by atoms with Crippen molar-refractivity contribution in [3.05, 3.63) is 0 Å². The summed E-state index contributed by atoms with van der Waals surface area (Å²) in [6.07, 6.45) is 2.99. The number of likely N-dealkylation sites (tertiary alicyclic amines) is 1. The van der Waals surface area contributed by atoms with Crippen molar-refractivity contribution in [3.63, 3.8) is 0 Å². The molecule has 0 aromatic heterocycles. The van der Waals surface area contributed by atoms with Crippen molar-refractivity contribution in [2.45, 2.75) is 47.5 Å². The maximum absolute atomic E-state index is 2.42. The zero-order chi connectivity index (χ0) is 10.5. The maximum atomic E-state index is 2.42. The van der Waals surface area contributed by atoms with Crippen LogP contribution in [0.1, 0.15) is 47.5 Å². The predicted molar refractivity (Wildman–Crippen MR) is 61.0 cm³/mol. The molecule has 0 unspecified atom stereocenters. The molecule has 0 N–H and O–H groups in total. The zero-order valence-electron chi connectivity index (χ0n) is 10.4. The van der Waals surface area contributed by atoms with Gasteiger partial charge in [0, 0.05) is 13.1 Å². The number of hydrogen-bond acceptors (Lipinski definition) is 1. The van der Waals surface area contributed by atoms with E-state index in [2.05, 4.69) is 18.9 Å². The molecule has 1 heteroatoms. The van der Waals surface area contributed by atoms with Gasteiger partial charge in [-0.25, -0.2) is 0 Å². The van der Waals surface area contributed by atoms with E-state index in [0.717, 1.165) is 11.3 Å². The van der Waals surface area contributed by atoms with Crippen molar-refractivity contribution in [1.82, 2.24) is 4.90 Å². The number of hydrogen-bond donors (Lipinski definition) is 0. The Morgan fingerprint density at radius 1 is 1.00 bits per heavy atom. The fourth-order valence-electron chi connectivity index (χ4n) is 2.78. The minimum atomic E-state index is 0.814. The van der Waals surface area contributed by atoms with E-state index in [-0.39, 0.29) is 0 Å². The van der Waals surface area contributed by atoms with Gasteiger partial charge in [-0.3, -0.25) is 0 Å². The molecule has 1 aliphatic heterocycles. The van der Waals surface area contributed by atoms with Gasteiger partial charge in [0.25, 0.3) is 0 Å². The van der Waals surface area contributed by atoms with Gasteiger partial charge in [0.1, 0.15) is 0 Å². The normalized spacial score (nSPS) is 24.5. The Kier molecular flexibility index (Phi) is 5.62. The van der Waals surface area contributed by atoms with Crippen LogP contribution in [0.3, 0.4) is 0 Å². The summed E-state index contributed by atoms with van der Waals surface area (Å²) in [5.41, 5.74) is 0.814. The van der Waals surface area contributed by atoms with Crippen molar-refractivity contribution >= 4 is 0 Å². The summed E-state index contributed by atoms with van der Waals surface area (Å²) >= 11 is 0. The highest BCUT2D eigenvalue weighted by atomic mass is 15.2. The summed E-state index contributed by atoms with van der Waals surface area (Å²) < 4.78 is 0. The van der Waals surface area contributed by atoms with E-state index in [9.17, 15) is 0 Å². The smallest absolute Gasteiger partial charge is 0.00476 e. The van der Waals surface area contributed by atoms with E-state index in [1.807, 2.05) is 27.7 Å². The lowest BCUT2D eigenvalue weighted by Gasteiger charge is -2.57. The van der Waals surface area contributed by atoms with E-state index >= 15 is 0 Å². The molecule has 2 aliphatic rings. The van der Waals surface area contributed by atoms with E-state index in [0.29, 0.717) is 0 Å². The molecular formula is C12H27N. The van der Waals surface area contributed by atoms with Crippen molar-refractivity contribution < 1.29 is 0 Å². The first-order valence-corrected chi connectivity index (χ1v) is 5.89. The first kappa shape index (κ1) is 13.0. The molecule has 1 saturated carbocycles. The third-order valence-corrected chi connectivity index (χ3v) is 2.77. The number of rotatable bonds is 0. The fourth-order valence-corrected chi connectivity index (χ4v) is 2.78. The van der Waals surface area contributed by atoms with Crippen LogP contribution in [0, 0.1) is 11.3 Å². The van der Waals surface area contributed by atoms with Gasteiger partial charge in [0.05, 0.1) is 0 Å². The summed E-state index contributed by atoms with van der Waals surface area (Å²) in [5.74, 6) is 1.03. The highest BCUT2D eigenvalue weighted by Crippen LogP contribution is 2.50. The van der Waals surface area contributed by atoms with Crippen LogP contribution in [0.4, 0.5) is 0 Å². The minimum absolute atomic E-state index is 0.814. The molecule has 0 aromatic rings. The average molecular weight is 185 g/mol. The maximum Gasteiger partial charge on any atom is 0.00476 e. The molecule has 2 rings (SSSR count). The SMILES string of the molecule is CC.CC.CC1CC2(C1)CN(C)C2. The molecule has 1 aliphatic carbocycles. The molecule has 0 atom stereocenters. The van der Waals surface area contributed by atoms with Crippen LogP contribution in [0.15, 0.2) is 0 Å². The summed E-state index contributed by atoms with van der Waals surface area (Å²) in [7, 11) is 2.22. The third kappa shape index (κ3) is 2.98. The Morgan fingerprint density at radius 3 is 1.62 bits per heavy atom. The molecule has 0 aromatic carbocycles. The molecule has 1 spiro atoms. The van der Waals surface area contributed by atoms with Gasteiger partial charge >= 0.3 is 0 Å². The van der Waals surface area contributed by atoms with Gasteiger partial charge in [-0.2, -0.15) is 0 Å². The second kappa shape index (κ2) is 5.64. The highest BCUT2D eigenvalue weighted by Gasteiger charge is 2.48. The minimum Gasteiger partial charge on any atom is -0.305 e. The average Bonchev–Trinajstić information content (AvgIpc) is 2.07. The van der Waals surface area contributed by atoms with Crippen molar-refractivity contribution in [2.24, 2.45) is 11.3 Å². The fraction of sp³-hybridized carbons (Fsp3) is 1.00. The van der Waals surface area contributed by atoms with Gasteiger partial charge in [0.15, 0.2) is 0 Å². The molecule has 13 heavy (non-hydrogen) atoms. The molecule has 0 bridgehead atoms. The summed E-state index contributed by atoms with van der Waals surface area (Å²) in [4.78, 5) is 2.42. The monoisotopic (exact) mass is 185 g/mol. The summed E-state index contributed by atoms with van der Waals surface area (Å²) in [5, 5.41) is 0. The standard InChI is InChI=1S/C8H15N.2C2H6/c1-7-3-8(4-7)5-9(2)6-8;2*1-2/h7H,3-6H2,1-2H3;2*1-2H3. The molecule has 1 saturated heterocycles. The van der Waals surface area contributed by atoms with Crippen LogP contribution in [0.2, 0.25) is 0 Å².